The fraction of sp³-hybridized carbons (Fsp3) is 0.533. The smallest absolute Gasteiger partial charge is 0.222 e. The number of carbonyl (C=O) groups is 1. The second-order valence-corrected chi connectivity index (χ2v) is 4.61. The molecule has 1 unspecified atom stereocenters. The van der Waals surface area contributed by atoms with Gasteiger partial charge in [-0.2, -0.15) is 0 Å². The van der Waals surface area contributed by atoms with E-state index in [1.807, 2.05) is 36.2 Å². The lowest BCUT2D eigenvalue weighted by Crippen LogP contribution is -2.34. The molecule has 0 radical (unpaired) electrons. The van der Waals surface area contributed by atoms with Gasteiger partial charge in [0.05, 0.1) is 7.11 Å². The molecule has 0 fully saturated rings. The fourth-order valence-electron chi connectivity index (χ4n) is 1.74. The van der Waals surface area contributed by atoms with Crippen molar-refractivity contribution in [1.29, 1.82) is 0 Å². The molecule has 18 heavy (non-hydrogen) atoms. The number of carbonyl (C=O) groups excluding carboxylic acids is 1. The third-order valence-corrected chi connectivity index (χ3v) is 3.43. The lowest BCUT2D eigenvalue weighted by Gasteiger charge is -2.23. The molecule has 0 heterocycles. The quantitative estimate of drug-likeness (QED) is 0.776. The first-order chi connectivity index (χ1) is 8.58. The number of methoxy groups -OCH3 is 1. The molecule has 0 spiro atoms. The zero-order valence-corrected chi connectivity index (χ0v) is 11.8. The van der Waals surface area contributed by atoms with Crippen LogP contribution in [0, 0.1) is 0 Å². The van der Waals surface area contributed by atoms with E-state index < -0.39 is 0 Å². The maximum Gasteiger partial charge on any atom is 0.222 e. The number of hydrogen-bond acceptors (Lipinski definition) is 2. The monoisotopic (exact) mass is 249 g/mol. The van der Waals surface area contributed by atoms with Crippen LogP contribution in [0.2, 0.25) is 0 Å². The van der Waals surface area contributed by atoms with Crippen molar-refractivity contribution < 1.29 is 9.53 Å². The Morgan fingerprint density at radius 1 is 1.33 bits per heavy atom. The third-order valence-electron chi connectivity index (χ3n) is 3.43. The Bertz CT molecular complexity index is 373. The predicted octanol–water partition coefficient (Wildman–Crippen LogP) is 2.88. The van der Waals surface area contributed by atoms with Crippen LogP contribution < -0.4 is 4.74 Å². The summed E-state index contributed by atoms with van der Waals surface area (Å²) in [5, 5.41) is 0. The number of hydrogen-bond donors (Lipinski definition) is 0. The Hall–Kier alpha value is -1.51. The van der Waals surface area contributed by atoms with E-state index in [1.54, 1.807) is 7.11 Å². The summed E-state index contributed by atoms with van der Waals surface area (Å²) >= 11 is 0. The van der Waals surface area contributed by atoms with Gasteiger partial charge in [0.2, 0.25) is 5.91 Å². The van der Waals surface area contributed by atoms with Gasteiger partial charge in [-0.05, 0) is 37.5 Å². The molecule has 1 amide bonds. The average Bonchev–Trinajstić information content (AvgIpc) is 2.43. The summed E-state index contributed by atoms with van der Waals surface area (Å²) in [4.78, 5) is 13.8. The van der Waals surface area contributed by atoms with Gasteiger partial charge in [-0.3, -0.25) is 4.79 Å². The second kappa shape index (κ2) is 7.04. The largest absolute Gasteiger partial charge is 0.497 e. The molecule has 1 rings (SSSR count). The van der Waals surface area contributed by atoms with Crippen molar-refractivity contribution in [2.45, 2.75) is 39.2 Å². The molecule has 3 nitrogen and oxygen atoms in total. The number of nitrogens with zero attached hydrogens (tertiary/aromatic N) is 1. The van der Waals surface area contributed by atoms with Crippen LogP contribution in [0.15, 0.2) is 24.3 Å². The molecule has 0 aliphatic heterocycles. The van der Waals surface area contributed by atoms with E-state index in [0.717, 1.165) is 18.6 Å². The minimum atomic E-state index is 0.208. The Balaban J connectivity index is 2.46. The van der Waals surface area contributed by atoms with Crippen LogP contribution in [-0.2, 0) is 11.2 Å². The molecular formula is C15H23NO2. The first kappa shape index (κ1) is 14.6. The number of rotatable bonds is 6. The van der Waals surface area contributed by atoms with E-state index in [0.29, 0.717) is 12.5 Å². The first-order valence-corrected chi connectivity index (χ1v) is 6.47. The minimum absolute atomic E-state index is 0.208. The minimum Gasteiger partial charge on any atom is -0.497 e. The van der Waals surface area contributed by atoms with Gasteiger partial charge in [0.1, 0.15) is 5.75 Å². The number of amides is 1. The highest BCUT2D eigenvalue weighted by atomic mass is 16.5. The maximum atomic E-state index is 11.9. The molecule has 0 bridgehead atoms. The van der Waals surface area contributed by atoms with E-state index in [4.69, 9.17) is 4.74 Å². The lowest BCUT2D eigenvalue weighted by atomic mass is 10.1. The third kappa shape index (κ3) is 4.06. The highest BCUT2D eigenvalue weighted by Gasteiger charge is 2.13. The number of benzene rings is 1. The molecule has 0 N–H and O–H groups in total. The standard InChI is InChI=1S/C15H23NO2/c1-5-12(2)16(3)15(17)11-8-13-6-9-14(18-4)10-7-13/h6-7,9-10,12H,5,8,11H2,1-4H3. The average molecular weight is 249 g/mol. The van der Waals surface area contributed by atoms with Gasteiger partial charge in [0.25, 0.3) is 0 Å². The van der Waals surface area contributed by atoms with E-state index in [2.05, 4.69) is 13.8 Å². The summed E-state index contributed by atoms with van der Waals surface area (Å²) in [5.41, 5.74) is 1.17. The van der Waals surface area contributed by atoms with E-state index in [1.165, 1.54) is 5.56 Å². The summed E-state index contributed by atoms with van der Waals surface area (Å²) in [6.45, 7) is 4.17. The summed E-state index contributed by atoms with van der Waals surface area (Å²) in [7, 11) is 3.53. The highest BCUT2D eigenvalue weighted by molar-refractivity contribution is 5.76. The Morgan fingerprint density at radius 3 is 2.44 bits per heavy atom. The van der Waals surface area contributed by atoms with Crippen molar-refractivity contribution in [1.82, 2.24) is 4.90 Å². The zero-order valence-electron chi connectivity index (χ0n) is 11.8. The van der Waals surface area contributed by atoms with E-state index in [9.17, 15) is 4.79 Å². The molecule has 1 aromatic carbocycles. The number of aryl methyl sites for hydroxylation is 1. The van der Waals surface area contributed by atoms with Crippen molar-refractivity contribution in [3.05, 3.63) is 29.8 Å². The van der Waals surface area contributed by atoms with Gasteiger partial charge in [-0.1, -0.05) is 19.1 Å². The number of ether oxygens (including phenoxy) is 1. The van der Waals surface area contributed by atoms with Crippen LogP contribution in [0.25, 0.3) is 0 Å². The van der Waals surface area contributed by atoms with Gasteiger partial charge in [-0.15, -0.1) is 0 Å². The van der Waals surface area contributed by atoms with Crippen molar-refractivity contribution in [2.75, 3.05) is 14.2 Å². The Labute approximate surface area is 110 Å². The van der Waals surface area contributed by atoms with Crippen molar-refractivity contribution in [3.63, 3.8) is 0 Å². The molecule has 0 aromatic heterocycles. The van der Waals surface area contributed by atoms with Crippen molar-refractivity contribution in [2.24, 2.45) is 0 Å². The van der Waals surface area contributed by atoms with Gasteiger partial charge >= 0.3 is 0 Å². The predicted molar refractivity (Wildman–Crippen MR) is 73.8 cm³/mol. The van der Waals surface area contributed by atoms with E-state index >= 15 is 0 Å². The summed E-state index contributed by atoms with van der Waals surface area (Å²) < 4.78 is 5.10. The molecule has 0 aliphatic rings. The molecule has 100 valence electrons. The molecule has 0 saturated heterocycles. The van der Waals surface area contributed by atoms with Crippen LogP contribution >= 0.6 is 0 Å². The van der Waals surface area contributed by atoms with Crippen LogP contribution in [0.5, 0.6) is 5.75 Å². The molecule has 1 atom stereocenters. The van der Waals surface area contributed by atoms with Crippen LogP contribution in [-0.4, -0.2) is 31.0 Å². The van der Waals surface area contributed by atoms with Crippen LogP contribution in [0.3, 0.4) is 0 Å². The molecule has 0 aliphatic carbocycles. The van der Waals surface area contributed by atoms with Gasteiger partial charge in [0.15, 0.2) is 0 Å². The zero-order chi connectivity index (χ0) is 13.5. The molecule has 1 aromatic rings. The lowest BCUT2D eigenvalue weighted by molar-refractivity contribution is -0.131. The maximum absolute atomic E-state index is 11.9. The van der Waals surface area contributed by atoms with E-state index in [-0.39, 0.29) is 5.91 Å². The van der Waals surface area contributed by atoms with Crippen LogP contribution in [0.4, 0.5) is 0 Å². The SMILES string of the molecule is CCC(C)N(C)C(=O)CCc1ccc(OC)cc1. The summed E-state index contributed by atoms with van der Waals surface area (Å²) in [6.07, 6.45) is 2.33. The first-order valence-electron chi connectivity index (χ1n) is 6.47. The molecule has 3 heteroatoms. The van der Waals surface area contributed by atoms with Gasteiger partial charge in [0, 0.05) is 19.5 Å². The highest BCUT2D eigenvalue weighted by Crippen LogP contribution is 2.13. The molecular weight excluding hydrogens is 226 g/mol. The summed E-state index contributed by atoms with van der Waals surface area (Å²) in [6, 6.07) is 8.19. The molecule has 0 saturated carbocycles. The second-order valence-electron chi connectivity index (χ2n) is 4.61. The Kier molecular flexibility index (Phi) is 5.69. The normalized spacial score (nSPS) is 12.0. The fourth-order valence-corrected chi connectivity index (χ4v) is 1.74. The van der Waals surface area contributed by atoms with Crippen LogP contribution in [0.1, 0.15) is 32.3 Å². The topological polar surface area (TPSA) is 29.5 Å². The van der Waals surface area contributed by atoms with Crippen molar-refractivity contribution in [3.8, 4) is 5.75 Å². The van der Waals surface area contributed by atoms with Gasteiger partial charge in [-0.25, -0.2) is 0 Å². The Morgan fingerprint density at radius 2 is 1.94 bits per heavy atom. The van der Waals surface area contributed by atoms with Crippen molar-refractivity contribution >= 4 is 5.91 Å². The van der Waals surface area contributed by atoms with Gasteiger partial charge < -0.3 is 9.64 Å². The summed E-state index contributed by atoms with van der Waals surface area (Å²) in [5.74, 6) is 1.06.